The molecule has 0 aromatic heterocycles. The molecule has 0 rings (SSSR count). The lowest BCUT2D eigenvalue weighted by Crippen LogP contribution is -2.21. The zero-order valence-corrected chi connectivity index (χ0v) is 7.40. The van der Waals surface area contributed by atoms with Crippen LogP contribution in [0, 0.1) is 0 Å². The van der Waals surface area contributed by atoms with Crippen LogP contribution in [0.15, 0.2) is 0 Å². The van der Waals surface area contributed by atoms with Crippen LogP contribution in [0.5, 0.6) is 0 Å². The summed E-state index contributed by atoms with van der Waals surface area (Å²) in [7, 11) is -3.18. The molecule has 0 radical (unpaired) electrons. The van der Waals surface area contributed by atoms with Gasteiger partial charge < -0.3 is 5.73 Å². The average Bonchev–Trinajstić information content (AvgIpc) is 1.84. The Kier molecular flexibility index (Phi) is 4.60. The van der Waals surface area contributed by atoms with Gasteiger partial charge in [0, 0.05) is 6.04 Å². The first-order valence-electron chi connectivity index (χ1n) is 3.50. The number of hydrogen-bond donors (Lipinski definition) is 1. The fourth-order valence-corrected chi connectivity index (χ4v) is 1.76. The molecular weight excluding hydrogens is 169 g/mol. The molecule has 68 valence electrons. The van der Waals surface area contributed by atoms with Crippen LogP contribution in [-0.4, -0.2) is 32.6 Å². The standard InChI is InChI=1S/C6H14FNO2S/c1-6(8)2-4-11(9,10)5-3-7/h6H,2-5,8H2,1H3. The van der Waals surface area contributed by atoms with Crippen molar-refractivity contribution in [1.82, 2.24) is 0 Å². The third kappa shape index (κ3) is 6.25. The van der Waals surface area contributed by atoms with E-state index in [1.165, 1.54) is 0 Å². The molecule has 0 bridgehead atoms. The van der Waals surface area contributed by atoms with Crippen molar-refractivity contribution in [3.05, 3.63) is 0 Å². The van der Waals surface area contributed by atoms with Gasteiger partial charge in [-0.2, -0.15) is 0 Å². The van der Waals surface area contributed by atoms with Crippen LogP contribution in [-0.2, 0) is 9.84 Å². The Morgan fingerprint density at radius 3 is 2.36 bits per heavy atom. The van der Waals surface area contributed by atoms with Gasteiger partial charge in [0.25, 0.3) is 0 Å². The Labute approximate surface area is 66.7 Å². The van der Waals surface area contributed by atoms with Gasteiger partial charge in [0.2, 0.25) is 0 Å². The van der Waals surface area contributed by atoms with E-state index in [2.05, 4.69) is 0 Å². The zero-order valence-electron chi connectivity index (χ0n) is 6.59. The molecule has 1 unspecified atom stereocenters. The molecule has 0 fully saturated rings. The van der Waals surface area contributed by atoms with E-state index < -0.39 is 16.5 Å². The van der Waals surface area contributed by atoms with Crippen LogP contribution in [0.25, 0.3) is 0 Å². The molecule has 1 atom stereocenters. The second-order valence-corrected chi connectivity index (χ2v) is 4.91. The topological polar surface area (TPSA) is 60.2 Å². The van der Waals surface area contributed by atoms with E-state index in [1.54, 1.807) is 6.92 Å². The summed E-state index contributed by atoms with van der Waals surface area (Å²) in [5, 5.41) is 0. The third-order valence-electron chi connectivity index (χ3n) is 1.27. The van der Waals surface area contributed by atoms with Crippen LogP contribution < -0.4 is 5.73 Å². The monoisotopic (exact) mass is 183 g/mol. The number of halogens is 1. The van der Waals surface area contributed by atoms with Gasteiger partial charge in [-0.3, -0.25) is 0 Å². The molecule has 3 nitrogen and oxygen atoms in total. The van der Waals surface area contributed by atoms with Gasteiger partial charge >= 0.3 is 0 Å². The lowest BCUT2D eigenvalue weighted by Gasteiger charge is -2.03. The Bertz CT molecular complexity index is 189. The quantitative estimate of drug-likeness (QED) is 0.658. The second kappa shape index (κ2) is 4.66. The first-order valence-corrected chi connectivity index (χ1v) is 5.32. The minimum Gasteiger partial charge on any atom is -0.328 e. The summed E-state index contributed by atoms with van der Waals surface area (Å²) in [6.45, 7) is 0.923. The number of nitrogens with two attached hydrogens (primary N) is 1. The van der Waals surface area contributed by atoms with Crippen molar-refractivity contribution in [2.24, 2.45) is 5.73 Å². The predicted molar refractivity (Wildman–Crippen MR) is 42.9 cm³/mol. The van der Waals surface area contributed by atoms with Gasteiger partial charge in [-0.05, 0) is 13.3 Å². The first kappa shape index (κ1) is 10.8. The van der Waals surface area contributed by atoms with Gasteiger partial charge in [0.15, 0.2) is 9.84 Å². The van der Waals surface area contributed by atoms with Gasteiger partial charge in [-0.1, -0.05) is 0 Å². The summed E-state index contributed by atoms with van der Waals surface area (Å²) < 4.78 is 33.3. The molecule has 0 saturated heterocycles. The Morgan fingerprint density at radius 1 is 1.45 bits per heavy atom. The fourth-order valence-electron chi connectivity index (χ4n) is 0.585. The molecule has 0 saturated carbocycles. The van der Waals surface area contributed by atoms with Crippen molar-refractivity contribution in [3.8, 4) is 0 Å². The molecule has 0 spiro atoms. The van der Waals surface area contributed by atoms with Crippen LogP contribution in [0.1, 0.15) is 13.3 Å². The summed E-state index contributed by atoms with van der Waals surface area (Å²) in [6, 6.07) is -0.135. The minimum atomic E-state index is -3.18. The van der Waals surface area contributed by atoms with Gasteiger partial charge in [-0.15, -0.1) is 0 Å². The van der Waals surface area contributed by atoms with E-state index in [0.717, 1.165) is 0 Å². The lowest BCUT2D eigenvalue weighted by molar-refractivity contribution is 0.515. The van der Waals surface area contributed by atoms with Crippen LogP contribution in [0.2, 0.25) is 0 Å². The highest BCUT2D eigenvalue weighted by Crippen LogP contribution is 1.96. The molecule has 0 amide bonds. The predicted octanol–water partition coefficient (Wildman–Crippen LogP) is 0.108. The minimum absolute atomic E-state index is 0.00537. The molecule has 0 aliphatic rings. The summed E-state index contributed by atoms with van der Waals surface area (Å²) in [6.07, 6.45) is 0.405. The van der Waals surface area contributed by atoms with E-state index >= 15 is 0 Å². The average molecular weight is 183 g/mol. The SMILES string of the molecule is CC(N)CCS(=O)(=O)CCF. The first-order chi connectivity index (χ1) is 4.98. The van der Waals surface area contributed by atoms with Gasteiger partial charge in [-0.25, -0.2) is 12.8 Å². The maximum atomic E-state index is 11.6. The number of rotatable bonds is 5. The van der Waals surface area contributed by atoms with E-state index in [1.807, 2.05) is 0 Å². The number of hydrogen-bond acceptors (Lipinski definition) is 3. The molecule has 11 heavy (non-hydrogen) atoms. The molecule has 0 aliphatic heterocycles. The van der Waals surface area contributed by atoms with Crippen LogP contribution in [0.3, 0.4) is 0 Å². The third-order valence-corrected chi connectivity index (χ3v) is 2.91. The highest BCUT2D eigenvalue weighted by Gasteiger charge is 2.10. The molecule has 0 aliphatic carbocycles. The number of sulfone groups is 1. The lowest BCUT2D eigenvalue weighted by atomic mass is 10.3. The van der Waals surface area contributed by atoms with Crippen molar-refractivity contribution in [2.75, 3.05) is 18.2 Å². The van der Waals surface area contributed by atoms with E-state index in [0.29, 0.717) is 6.42 Å². The largest absolute Gasteiger partial charge is 0.328 e. The Hall–Kier alpha value is -0.160. The zero-order chi connectivity index (χ0) is 8.91. The maximum absolute atomic E-state index is 11.6. The maximum Gasteiger partial charge on any atom is 0.152 e. The molecule has 2 N–H and O–H groups in total. The summed E-state index contributed by atoms with van der Waals surface area (Å²) >= 11 is 0. The highest BCUT2D eigenvalue weighted by atomic mass is 32.2. The second-order valence-electron chi connectivity index (χ2n) is 2.61. The van der Waals surface area contributed by atoms with E-state index in [-0.39, 0.29) is 17.5 Å². The Balaban J connectivity index is 3.74. The van der Waals surface area contributed by atoms with Crippen molar-refractivity contribution < 1.29 is 12.8 Å². The Morgan fingerprint density at radius 2 is 2.00 bits per heavy atom. The summed E-state index contributed by atoms with van der Waals surface area (Å²) in [5.74, 6) is -0.381. The summed E-state index contributed by atoms with van der Waals surface area (Å²) in [5.41, 5.74) is 5.34. The van der Waals surface area contributed by atoms with E-state index in [9.17, 15) is 12.8 Å². The van der Waals surface area contributed by atoms with Gasteiger partial charge in [0.1, 0.15) is 6.67 Å². The number of alkyl halides is 1. The van der Waals surface area contributed by atoms with Crippen molar-refractivity contribution in [1.29, 1.82) is 0 Å². The molecular formula is C6H14FNO2S. The molecule has 0 aromatic rings. The molecule has 0 heterocycles. The van der Waals surface area contributed by atoms with Crippen molar-refractivity contribution in [2.45, 2.75) is 19.4 Å². The van der Waals surface area contributed by atoms with Crippen molar-refractivity contribution >= 4 is 9.84 Å². The fraction of sp³-hybridized carbons (Fsp3) is 1.00. The molecule has 0 aromatic carbocycles. The van der Waals surface area contributed by atoms with Crippen LogP contribution >= 0.6 is 0 Å². The molecule has 5 heteroatoms. The van der Waals surface area contributed by atoms with E-state index in [4.69, 9.17) is 5.73 Å². The summed E-state index contributed by atoms with van der Waals surface area (Å²) in [4.78, 5) is 0. The smallest absolute Gasteiger partial charge is 0.152 e. The van der Waals surface area contributed by atoms with Gasteiger partial charge in [0.05, 0.1) is 11.5 Å². The van der Waals surface area contributed by atoms with Crippen LogP contribution in [0.4, 0.5) is 4.39 Å². The normalized spacial score (nSPS) is 14.8. The highest BCUT2D eigenvalue weighted by molar-refractivity contribution is 7.91. The van der Waals surface area contributed by atoms with Crippen molar-refractivity contribution in [3.63, 3.8) is 0 Å².